The van der Waals surface area contributed by atoms with Crippen LogP contribution in [0, 0.1) is 17.2 Å². The minimum Gasteiger partial charge on any atom is -0.287 e. The van der Waals surface area contributed by atoms with E-state index in [1.165, 1.54) is 19.3 Å². The highest BCUT2D eigenvalue weighted by molar-refractivity contribution is 9.09. The van der Waals surface area contributed by atoms with E-state index in [0.717, 1.165) is 13.1 Å². The van der Waals surface area contributed by atoms with Gasteiger partial charge in [0.05, 0.1) is 6.07 Å². The van der Waals surface area contributed by atoms with E-state index in [2.05, 4.69) is 40.7 Å². The van der Waals surface area contributed by atoms with E-state index in [0.29, 0.717) is 10.7 Å². The minimum absolute atomic E-state index is 0.0512. The third-order valence-electron chi connectivity index (χ3n) is 2.85. The molecule has 2 nitrogen and oxygen atoms in total. The first-order valence-electron chi connectivity index (χ1n) is 5.44. The molecule has 0 aliphatic carbocycles. The van der Waals surface area contributed by atoms with Crippen LogP contribution < -0.4 is 0 Å². The van der Waals surface area contributed by atoms with Crippen LogP contribution in [0.15, 0.2) is 0 Å². The van der Waals surface area contributed by atoms with Crippen molar-refractivity contribution in [2.24, 2.45) is 5.92 Å². The molecule has 0 spiro atoms. The predicted molar refractivity (Wildman–Crippen MR) is 62.4 cm³/mol. The highest BCUT2D eigenvalue weighted by Crippen LogP contribution is 2.23. The number of rotatable bonds is 3. The van der Waals surface area contributed by atoms with E-state index in [1.54, 1.807) is 0 Å². The number of likely N-dealkylation sites (tertiary alicyclic amines) is 1. The Labute approximate surface area is 95.4 Å². The van der Waals surface area contributed by atoms with Crippen molar-refractivity contribution in [3.8, 4) is 6.07 Å². The molecule has 0 aromatic carbocycles. The molecular formula is C11H19BrN2. The van der Waals surface area contributed by atoms with Gasteiger partial charge in [0, 0.05) is 4.83 Å². The van der Waals surface area contributed by atoms with E-state index in [9.17, 15) is 5.26 Å². The Balaban J connectivity index is 2.56. The summed E-state index contributed by atoms with van der Waals surface area (Å²) in [5.74, 6) is 0.515. The zero-order valence-corrected chi connectivity index (χ0v) is 10.6. The van der Waals surface area contributed by atoms with Crippen LogP contribution in [-0.2, 0) is 0 Å². The van der Waals surface area contributed by atoms with Gasteiger partial charge < -0.3 is 0 Å². The Kier molecular flexibility index (Phi) is 4.91. The molecule has 1 rings (SSSR count). The molecule has 0 amide bonds. The van der Waals surface area contributed by atoms with Crippen molar-refractivity contribution in [1.29, 1.82) is 5.26 Å². The smallest absolute Gasteiger partial charge is 0.111 e. The van der Waals surface area contributed by atoms with Gasteiger partial charge in [0.1, 0.15) is 6.04 Å². The van der Waals surface area contributed by atoms with Gasteiger partial charge in [-0.15, -0.1) is 0 Å². The van der Waals surface area contributed by atoms with E-state index in [4.69, 9.17) is 0 Å². The lowest BCUT2D eigenvalue weighted by molar-refractivity contribution is 0.184. The fourth-order valence-electron chi connectivity index (χ4n) is 1.92. The van der Waals surface area contributed by atoms with Crippen LogP contribution in [-0.4, -0.2) is 28.9 Å². The van der Waals surface area contributed by atoms with Crippen molar-refractivity contribution < 1.29 is 0 Å². The van der Waals surface area contributed by atoms with Gasteiger partial charge in [-0.1, -0.05) is 36.2 Å². The molecule has 0 N–H and O–H groups in total. The first kappa shape index (κ1) is 12.0. The molecular weight excluding hydrogens is 240 g/mol. The molecule has 1 aliphatic heterocycles. The van der Waals surface area contributed by atoms with Gasteiger partial charge in [-0.25, -0.2) is 0 Å². The molecule has 0 aromatic heterocycles. The topological polar surface area (TPSA) is 27.0 Å². The third-order valence-corrected chi connectivity index (χ3v) is 4.41. The van der Waals surface area contributed by atoms with Crippen LogP contribution in [0.1, 0.15) is 33.1 Å². The van der Waals surface area contributed by atoms with Crippen molar-refractivity contribution in [3.05, 3.63) is 0 Å². The van der Waals surface area contributed by atoms with Crippen molar-refractivity contribution in [2.45, 2.75) is 44.0 Å². The second-order valence-electron chi connectivity index (χ2n) is 4.36. The maximum atomic E-state index is 9.18. The first-order valence-corrected chi connectivity index (χ1v) is 6.36. The zero-order valence-electron chi connectivity index (χ0n) is 9.04. The van der Waals surface area contributed by atoms with Crippen molar-refractivity contribution in [3.63, 3.8) is 0 Å². The quantitative estimate of drug-likeness (QED) is 0.729. The molecule has 80 valence electrons. The normalized spacial score (nSPS) is 23.1. The summed E-state index contributed by atoms with van der Waals surface area (Å²) in [5.41, 5.74) is 0. The van der Waals surface area contributed by atoms with Crippen molar-refractivity contribution >= 4 is 15.9 Å². The third kappa shape index (κ3) is 2.96. The van der Waals surface area contributed by atoms with Crippen LogP contribution in [0.3, 0.4) is 0 Å². The first-order chi connectivity index (χ1) is 6.66. The van der Waals surface area contributed by atoms with Crippen LogP contribution in [0.25, 0.3) is 0 Å². The van der Waals surface area contributed by atoms with E-state index >= 15 is 0 Å². The average Bonchev–Trinajstić information content (AvgIpc) is 2.20. The van der Waals surface area contributed by atoms with Crippen molar-refractivity contribution in [2.75, 3.05) is 13.1 Å². The summed E-state index contributed by atoms with van der Waals surface area (Å²) >= 11 is 3.64. The van der Waals surface area contributed by atoms with Gasteiger partial charge >= 0.3 is 0 Å². The number of alkyl halides is 1. The molecule has 3 heteroatoms. The average molecular weight is 259 g/mol. The standard InChI is InChI=1S/C11H19BrN2/c1-9(2)11(12)10(8-13)14-6-4-3-5-7-14/h9-11H,3-7H2,1-2H3. The van der Waals surface area contributed by atoms with Gasteiger partial charge in [0.15, 0.2) is 0 Å². The Morgan fingerprint density at radius 3 is 2.21 bits per heavy atom. The summed E-state index contributed by atoms with van der Waals surface area (Å²) in [6, 6.07) is 2.48. The molecule has 0 aromatic rings. The van der Waals surface area contributed by atoms with Gasteiger partial charge in [-0.05, 0) is 31.8 Å². The number of nitriles is 1. The summed E-state index contributed by atoms with van der Waals surface area (Å²) in [6.07, 6.45) is 3.81. The van der Waals surface area contributed by atoms with E-state index in [-0.39, 0.29) is 6.04 Å². The lowest BCUT2D eigenvalue weighted by atomic mass is 10.0. The monoisotopic (exact) mass is 258 g/mol. The Hall–Kier alpha value is -0.0700. The van der Waals surface area contributed by atoms with Crippen LogP contribution in [0.4, 0.5) is 0 Å². The number of piperidine rings is 1. The van der Waals surface area contributed by atoms with E-state index < -0.39 is 0 Å². The summed E-state index contributed by atoms with van der Waals surface area (Å²) in [6.45, 7) is 6.50. The molecule has 2 atom stereocenters. The minimum atomic E-state index is 0.0512. The van der Waals surface area contributed by atoms with Crippen LogP contribution in [0.2, 0.25) is 0 Å². The summed E-state index contributed by atoms with van der Waals surface area (Å²) in [5, 5.41) is 9.18. The molecule has 1 aliphatic rings. The van der Waals surface area contributed by atoms with E-state index in [1.807, 2.05) is 0 Å². The molecule has 1 heterocycles. The molecule has 0 bridgehead atoms. The van der Waals surface area contributed by atoms with Gasteiger partial charge in [0.25, 0.3) is 0 Å². The fraction of sp³-hybridized carbons (Fsp3) is 0.909. The van der Waals surface area contributed by atoms with Gasteiger partial charge in [-0.2, -0.15) is 5.26 Å². The van der Waals surface area contributed by atoms with Gasteiger partial charge in [-0.3, -0.25) is 4.90 Å². The maximum absolute atomic E-state index is 9.18. The second kappa shape index (κ2) is 5.72. The summed E-state index contributed by atoms with van der Waals surface area (Å²) < 4.78 is 0. The maximum Gasteiger partial charge on any atom is 0.111 e. The number of hydrogen-bond donors (Lipinski definition) is 0. The van der Waals surface area contributed by atoms with Gasteiger partial charge in [0.2, 0.25) is 0 Å². The number of nitrogens with zero attached hydrogens (tertiary/aromatic N) is 2. The van der Waals surface area contributed by atoms with Crippen LogP contribution in [0.5, 0.6) is 0 Å². The molecule has 1 saturated heterocycles. The highest BCUT2D eigenvalue weighted by Gasteiger charge is 2.28. The molecule has 14 heavy (non-hydrogen) atoms. The SMILES string of the molecule is CC(C)C(Br)C(C#N)N1CCCCC1. The zero-order chi connectivity index (χ0) is 10.6. The summed E-state index contributed by atoms with van der Waals surface area (Å²) in [7, 11) is 0. The fourth-order valence-corrected chi connectivity index (χ4v) is 2.37. The molecule has 0 saturated carbocycles. The lowest BCUT2D eigenvalue weighted by Crippen LogP contribution is -2.44. The lowest BCUT2D eigenvalue weighted by Gasteiger charge is -2.34. The number of halogens is 1. The second-order valence-corrected chi connectivity index (χ2v) is 5.42. The molecule has 1 fully saturated rings. The summed E-state index contributed by atoms with van der Waals surface area (Å²) in [4.78, 5) is 2.62. The molecule has 2 unspecified atom stereocenters. The highest BCUT2D eigenvalue weighted by atomic mass is 79.9. The number of hydrogen-bond acceptors (Lipinski definition) is 2. The Morgan fingerprint density at radius 1 is 1.21 bits per heavy atom. The largest absolute Gasteiger partial charge is 0.287 e. The Bertz CT molecular complexity index is 204. The molecule has 0 radical (unpaired) electrons. The predicted octanol–water partition coefficient (Wildman–Crippen LogP) is 2.78. The van der Waals surface area contributed by atoms with Crippen LogP contribution >= 0.6 is 15.9 Å². The Morgan fingerprint density at radius 2 is 1.79 bits per heavy atom. The van der Waals surface area contributed by atoms with Crippen molar-refractivity contribution in [1.82, 2.24) is 4.90 Å².